The molecule has 1 atom stereocenters. The second kappa shape index (κ2) is 9.98. The smallest absolute Gasteiger partial charge is 0.338 e. The van der Waals surface area contributed by atoms with Crippen LogP contribution in [0, 0.1) is 6.92 Å². The van der Waals surface area contributed by atoms with Gasteiger partial charge in [-0.25, -0.2) is 23.0 Å². The van der Waals surface area contributed by atoms with E-state index in [1.54, 1.807) is 33.8 Å². The van der Waals surface area contributed by atoms with Gasteiger partial charge in [-0.1, -0.05) is 29.0 Å². The number of carbonyl (C=O) groups excluding carboxylic acids is 2. The number of thiazole rings is 1. The Kier molecular flexibility index (Phi) is 8.13. The van der Waals surface area contributed by atoms with Gasteiger partial charge in [-0.3, -0.25) is 4.79 Å². The van der Waals surface area contributed by atoms with Gasteiger partial charge in [0.1, 0.15) is 5.60 Å². The number of benzene rings is 1. The van der Waals surface area contributed by atoms with Crippen LogP contribution in [-0.2, 0) is 29.0 Å². The summed E-state index contributed by atoms with van der Waals surface area (Å²) in [4.78, 5) is 41.2. The lowest BCUT2D eigenvalue weighted by Gasteiger charge is -2.27. The topological polar surface area (TPSA) is 166 Å². The van der Waals surface area contributed by atoms with E-state index in [1.165, 1.54) is 12.1 Å². The van der Waals surface area contributed by atoms with Crippen molar-refractivity contribution in [2.24, 2.45) is 5.73 Å². The molecule has 34 heavy (non-hydrogen) atoms. The van der Waals surface area contributed by atoms with Crippen LogP contribution in [0.1, 0.15) is 39.3 Å². The van der Waals surface area contributed by atoms with Gasteiger partial charge in [-0.2, -0.15) is 0 Å². The lowest BCUT2D eigenvalue weighted by Crippen LogP contribution is -2.57. The van der Waals surface area contributed by atoms with Crippen LogP contribution in [0.4, 0.5) is 5.13 Å². The van der Waals surface area contributed by atoms with Crippen molar-refractivity contribution in [1.29, 1.82) is 0 Å². The summed E-state index contributed by atoms with van der Waals surface area (Å²) in [6.07, 6.45) is 0.180. The highest BCUT2D eigenvalue weighted by Gasteiger charge is 2.45. The molecule has 0 fully saturated rings. The lowest BCUT2D eigenvalue weighted by atomic mass is 9.94. The van der Waals surface area contributed by atoms with Gasteiger partial charge in [0.05, 0.1) is 20.5 Å². The second-order valence-corrected chi connectivity index (χ2v) is 12.1. The maximum Gasteiger partial charge on any atom is 0.338 e. The van der Waals surface area contributed by atoms with Crippen molar-refractivity contribution in [3.63, 3.8) is 0 Å². The van der Waals surface area contributed by atoms with Crippen molar-refractivity contribution < 1.29 is 32.6 Å². The number of nitrogens with zero attached hydrogens (tertiary/aromatic N) is 1. The van der Waals surface area contributed by atoms with Crippen LogP contribution in [0.15, 0.2) is 23.1 Å². The van der Waals surface area contributed by atoms with Crippen LogP contribution in [0.5, 0.6) is 0 Å². The standard InChI is InChI=1S/C21H26ClN3O7S2/c1-11-16(12-6-7-13(22)14(10-12)34(5,30)31)33-19(24-11)25-15(26)8-9-21(23,17(27)28)18(29)32-20(2,3)4/h6-7,10H,8-9,23H2,1-5H3,(H,27,28)(H,24,25,26). The number of nitrogens with two attached hydrogens (primary N) is 1. The number of esters is 1. The van der Waals surface area contributed by atoms with Crippen LogP contribution < -0.4 is 11.1 Å². The molecule has 2 rings (SSSR count). The second-order valence-electron chi connectivity index (χ2n) is 8.68. The number of hydrogen-bond donors (Lipinski definition) is 3. The number of aliphatic carboxylic acids is 1. The van der Waals surface area contributed by atoms with Crippen molar-refractivity contribution in [3.8, 4) is 10.4 Å². The number of carbonyl (C=O) groups is 3. The third-order valence-electron chi connectivity index (χ3n) is 4.53. The zero-order chi connectivity index (χ0) is 26.1. The Balaban J connectivity index is 2.18. The summed E-state index contributed by atoms with van der Waals surface area (Å²) < 4.78 is 29.0. The van der Waals surface area contributed by atoms with Crippen LogP contribution in [-0.4, -0.2) is 53.7 Å². The molecule has 13 heteroatoms. The van der Waals surface area contributed by atoms with E-state index >= 15 is 0 Å². The lowest BCUT2D eigenvalue weighted by molar-refractivity contribution is -0.169. The molecule has 0 radical (unpaired) electrons. The van der Waals surface area contributed by atoms with Gasteiger partial charge in [0.15, 0.2) is 15.0 Å². The fourth-order valence-electron chi connectivity index (χ4n) is 2.80. The molecule has 0 aliphatic carbocycles. The molecular weight excluding hydrogens is 506 g/mol. The van der Waals surface area contributed by atoms with Gasteiger partial charge < -0.3 is 20.9 Å². The van der Waals surface area contributed by atoms with Crippen molar-refractivity contribution in [1.82, 2.24) is 4.98 Å². The quantitative estimate of drug-likeness (QED) is 0.342. The minimum Gasteiger partial charge on any atom is -0.479 e. The molecule has 0 saturated heterocycles. The summed E-state index contributed by atoms with van der Waals surface area (Å²) in [6.45, 7) is 6.40. The summed E-state index contributed by atoms with van der Waals surface area (Å²) in [7, 11) is -3.55. The number of rotatable bonds is 8. The number of amides is 1. The first-order chi connectivity index (χ1) is 15.4. The summed E-state index contributed by atoms with van der Waals surface area (Å²) in [5.74, 6) is -3.35. The van der Waals surface area contributed by atoms with Crippen LogP contribution in [0.3, 0.4) is 0 Å². The molecule has 0 aliphatic heterocycles. The molecule has 1 unspecified atom stereocenters. The largest absolute Gasteiger partial charge is 0.479 e. The molecular formula is C21H26ClN3O7S2. The SMILES string of the molecule is Cc1nc(NC(=O)CCC(N)(C(=O)O)C(=O)OC(C)(C)C)sc1-c1ccc(Cl)c(S(C)(=O)=O)c1. The zero-order valence-corrected chi connectivity index (χ0v) is 21.7. The van der Waals surface area contributed by atoms with E-state index in [0.717, 1.165) is 17.6 Å². The van der Waals surface area contributed by atoms with Crippen LogP contribution in [0.2, 0.25) is 5.02 Å². The van der Waals surface area contributed by atoms with Crippen molar-refractivity contribution in [2.75, 3.05) is 11.6 Å². The van der Waals surface area contributed by atoms with E-state index in [1.807, 2.05) is 0 Å². The van der Waals surface area contributed by atoms with E-state index in [-0.39, 0.29) is 21.5 Å². The number of ether oxygens (including phenoxy) is 1. The molecule has 4 N–H and O–H groups in total. The highest BCUT2D eigenvalue weighted by molar-refractivity contribution is 7.90. The van der Waals surface area contributed by atoms with Gasteiger partial charge in [-0.05, 0) is 51.8 Å². The predicted octanol–water partition coefficient (Wildman–Crippen LogP) is 3.02. The zero-order valence-electron chi connectivity index (χ0n) is 19.3. The fourth-order valence-corrected chi connectivity index (χ4v) is 5.08. The summed E-state index contributed by atoms with van der Waals surface area (Å²) in [5.41, 5.74) is 3.52. The van der Waals surface area contributed by atoms with E-state index in [0.29, 0.717) is 16.1 Å². The number of carboxylic acids is 1. The van der Waals surface area contributed by atoms with E-state index in [4.69, 9.17) is 22.1 Å². The Morgan fingerprint density at radius 1 is 1.26 bits per heavy atom. The Morgan fingerprint density at radius 2 is 1.88 bits per heavy atom. The minimum absolute atomic E-state index is 0.0276. The number of sulfone groups is 1. The molecule has 1 heterocycles. The van der Waals surface area contributed by atoms with Crippen LogP contribution >= 0.6 is 22.9 Å². The molecule has 0 bridgehead atoms. The van der Waals surface area contributed by atoms with Crippen molar-refractivity contribution >= 4 is 55.8 Å². The highest BCUT2D eigenvalue weighted by atomic mass is 35.5. The predicted molar refractivity (Wildman–Crippen MR) is 129 cm³/mol. The maximum atomic E-state index is 12.4. The first kappa shape index (κ1) is 27.7. The van der Waals surface area contributed by atoms with Gasteiger partial charge >= 0.3 is 11.9 Å². The average molecular weight is 532 g/mol. The monoisotopic (exact) mass is 531 g/mol. The number of carboxylic acid groups (broad SMARTS) is 1. The average Bonchev–Trinajstić information content (AvgIpc) is 3.03. The van der Waals surface area contributed by atoms with Gasteiger partial charge in [0.25, 0.3) is 0 Å². The molecule has 1 aromatic carbocycles. The Bertz CT molecular complexity index is 1240. The first-order valence-electron chi connectivity index (χ1n) is 9.97. The Labute approximate surface area is 206 Å². The molecule has 0 saturated carbocycles. The molecule has 2 aromatic rings. The third-order valence-corrected chi connectivity index (χ3v) is 7.23. The summed E-state index contributed by atoms with van der Waals surface area (Å²) in [6, 6.07) is 4.54. The van der Waals surface area contributed by atoms with Crippen LogP contribution in [0.25, 0.3) is 10.4 Å². The number of anilines is 1. The van der Waals surface area contributed by atoms with Gasteiger partial charge in [-0.15, -0.1) is 0 Å². The van der Waals surface area contributed by atoms with Gasteiger partial charge in [0, 0.05) is 12.7 Å². The Morgan fingerprint density at radius 3 is 2.41 bits per heavy atom. The Hall–Kier alpha value is -2.54. The number of aryl methyl sites for hydroxylation is 1. The van der Waals surface area contributed by atoms with E-state index in [2.05, 4.69) is 10.3 Å². The number of halogens is 1. The summed E-state index contributed by atoms with van der Waals surface area (Å²) >= 11 is 7.10. The normalized spacial score (nSPS) is 13.7. The molecule has 0 aliphatic rings. The molecule has 0 spiro atoms. The number of nitrogens with one attached hydrogen (secondary N) is 1. The van der Waals surface area contributed by atoms with Crippen molar-refractivity contribution in [2.45, 2.75) is 56.6 Å². The van der Waals surface area contributed by atoms with Crippen molar-refractivity contribution in [3.05, 3.63) is 28.9 Å². The maximum absolute atomic E-state index is 12.4. The van der Waals surface area contributed by atoms with E-state index < -0.39 is 45.2 Å². The van der Waals surface area contributed by atoms with E-state index in [9.17, 15) is 27.9 Å². The molecule has 10 nitrogen and oxygen atoms in total. The highest BCUT2D eigenvalue weighted by Crippen LogP contribution is 2.35. The molecule has 1 amide bonds. The first-order valence-corrected chi connectivity index (χ1v) is 13.1. The fraction of sp³-hybridized carbons (Fsp3) is 0.429. The molecule has 186 valence electrons. The van der Waals surface area contributed by atoms with Gasteiger partial charge in [0.2, 0.25) is 11.4 Å². The molecule has 1 aromatic heterocycles. The minimum atomic E-state index is -3.55. The third kappa shape index (κ3) is 6.75. The number of hydrogen-bond acceptors (Lipinski definition) is 9. The number of aromatic nitrogens is 1. The summed E-state index contributed by atoms with van der Waals surface area (Å²) in [5, 5.41) is 12.3.